The predicted octanol–water partition coefficient (Wildman–Crippen LogP) is 4.54. The third kappa shape index (κ3) is 5.54. The molecule has 1 aromatic carbocycles. The Labute approximate surface area is 141 Å². The zero-order valence-corrected chi connectivity index (χ0v) is 15.8. The first-order valence-corrected chi connectivity index (χ1v) is 9.76. The van der Waals surface area contributed by atoms with Crippen LogP contribution in [0.5, 0.6) is 0 Å². The van der Waals surface area contributed by atoms with Crippen molar-refractivity contribution in [2.24, 2.45) is 0 Å². The normalized spacial score (nSPS) is 12.7. The van der Waals surface area contributed by atoms with Gasteiger partial charge in [0.05, 0.1) is 0 Å². The van der Waals surface area contributed by atoms with Crippen LogP contribution >= 0.6 is 0 Å². The molecular formula is C16H24F4O3Si. The summed E-state index contributed by atoms with van der Waals surface area (Å²) in [7, 11) is -3.52. The van der Waals surface area contributed by atoms with Gasteiger partial charge >= 0.3 is 8.80 Å². The summed E-state index contributed by atoms with van der Waals surface area (Å²) in [6, 6.07) is 0.314. The van der Waals surface area contributed by atoms with Crippen molar-refractivity contribution in [1.29, 1.82) is 0 Å². The molecule has 0 amide bonds. The summed E-state index contributed by atoms with van der Waals surface area (Å²) in [6.45, 7) is 10.5. The van der Waals surface area contributed by atoms with Crippen molar-refractivity contribution in [2.45, 2.75) is 65.9 Å². The van der Waals surface area contributed by atoms with E-state index in [9.17, 15) is 17.6 Å². The van der Waals surface area contributed by atoms with Gasteiger partial charge in [-0.15, -0.1) is 0 Å². The van der Waals surface area contributed by atoms with Gasteiger partial charge in [0.2, 0.25) is 0 Å². The molecule has 24 heavy (non-hydrogen) atoms. The van der Waals surface area contributed by atoms with Crippen molar-refractivity contribution in [1.82, 2.24) is 0 Å². The molecule has 0 atom stereocenters. The smallest absolute Gasteiger partial charge is 0.371 e. The molecule has 0 aliphatic carbocycles. The average Bonchev–Trinajstić information content (AvgIpc) is 2.39. The van der Waals surface area contributed by atoms with E-state index in [0.29, 0.717) is 6.07 Å². The predicted molar refractivity (Wildman–Crippen MR) is 84.4 cm³/mol. The molecule has 138 valence electrons. The molecule has 0 aliphatic rings. The first-order chi connectivity index (χ1) is 11.0. The lowest BCUT2D eigenvalue weighted by atomic mass is 10.2. The summed E-state index contributed by atoms with van der Waals surface area (Å²) in [5.41, 5.74) is -0.375. The largest absolute Gasteiger partial charge is 0.506 e. The summed E-state index contributed by atoms with van der Waals surface area (Å²) < 4.78 is 71.7. The van der Waals surface area contributed by atoms with Crippen molar-refractivity contribution in [3.05, 3.63) is 34.9 Å². The second kappa shape index (κ2) is 8.42. The van der Waals surface area contributed by atoms with Gasteiger partial charge in [-0.05, 0) is 53.2 Å². The zero-order valence-electron chi connectivity index (χ0n) is 14.8. The van der Waals surface area contributed by atoms with Gasteiger partial charge in [-0.1, -0.05) is 0 Å². The van der Waals surface area contributed by atoms with E-state index >= 15 is 0 Å². The molecule has 1 aromatic rings. The Morgan fingerprint density at radius 3 is 1.54 bits per heavy atom. The van der Waals surface area contributed by atoms with E-state index in [-0.39, 0.29) is 29.9 Å². The minimum Gasteiger partial charge on any atom is -0.371 e. The molecule has 0 saturated heterocycles. The zero-order chi connectivity index (χ0) is 18.7. The van der Waals surface area contributed by atoms with Gasteiger partial charge in [0, 0.05) is 24.4 Å². The highest BCUT2D eigenvalue weighted by Gasteiger charge is 2.45. The highest BCUT2D eigenvalue weighted by Crippen LogP contribution is 2.26. The van der Waals surface area contributed by atoms with Crippen LogP contribution in [0.2, 0.25) is 0 Å². The molecule has 0 bridgehead atoms. The number of benzene rings is 1. The number of hydrogen-bond acceptors (Lipinski definition) is 3. The molecule has 0 N–H and O–H groups in total. The molecule has 0 radical (unpaired) electrons. The molecule has 3 nitrogen and oxygen atoms in total. The Balaban J connectivity index is 3.34. The Morgan fingerprint density at radius 1 is 0.750 bits per heavy atom. The molecular weight excluding hydrogens is 344 g/mol. The molecule has 0 spiro atoms. The second-order valence-electron chi connectivity index (χ2n) is 6.32. The Bertz CT molecular complexity index is 538. The Kier molecular flexibility index (Phi) is 7.39. The third-order valence-corrected chi connectivity index (χ3v) is 6.14. The van der Waals surface area contributed by atoms with Crippen molar-refractivity contribution in [3.8, 4) is 0 Å². The van der Waals surface area contributed by atoms with E-state index in [4.69, 9.17) is 13.3 Å². The fraction of sp³-hybridized carbons (Fsp3) is 0.625. The van der Waals surface area contributed by atoms with E-state index in [1.165, 1.54) is 0 Å². The number of hydrogen-bond donors (Lipinski definition) is 0. The molecule has 0 unspecified atom stereocenters. The van der Waals surface area contributed by atoms with Gasteiger partial charge in [-0.2, -0.15) is 0 Å². The van der Waals surface area contributed by atoms with Crippen LogP contribution in [0.3, 0.4) is 0 Å². The molecule has 1 rings (SSSR count). The fourth-order valence-corrected chi connectivity index (χ4v) is 5.56. The Morgan fingerprint density at radius 2 is 1.17 bits per heavy atom. The van der Waals surface area contributed by atoms with Gasteiger partial charge in [-0.25, -0.2) is 17.6 Å². The summed E-state index contributed by atoms with van der Waals surface area (Å²) >= 11 is 0. The van der Waals surface area contributed by atoms with Crippen molar-refractivity contribution in [2.75, 3.05) is 0 Å². The monoisotopic (exact) mass is 368 g/mol. The van der Waals surface area contributed by atoms with Gasteiger partial charge < -0.3 is 13.3 Å². The lowest BCUT2D eigenvalue weighted by Gasteiger charge is -2.34. The number of rotatable bonds is 8. The average molecular weight is 368 g/mol. The van der Waals surface area contributed by atoms with Crippen LogP contribution in [0.1, 0.15) is 47.1 Å². The molecule has 0 fully saturated rings. The summed E-state index contributed by atoms with van der Waals surface area (Å²) in [4.78, 5) is 0. The van der Waals surface area contributed by atoms with E-state index in [0.717, 1.165) is 0 Å². The van der Waals surface area contributed by atoms with Crippen LogP contribution in [0.25, 0.3) is 0 Å². The molecule has 0 aliphatic heterocycles. The quantitative estimate of drug-likeness (QED) is 0.292. The van der Waals surface area contributed by atoms with Crippen LogP contribution in [0.15, 0.2) is 6.07 Å². The number of halogens is 4. The SMILES string of the molecule is CC(C)O[Si](Cc1cc(F)c(F)c(F)c1F)(OC(C)C)OC(C)C. The van der Waals surface area contributed by atoms with Crippen molar-refractivity contribution >= 4 is 8.80 Å². The second-order valence-corrected chi connectivity index (χ2v) is 8.75. The van der Waals surface area contributed by atoms with E-state index < -0.39 is 32.1 Å². The van der Waals surface area contributed by atoms with Crippen molar-refractivity contribution in [3.63, 3.8) is 0 Å². The highest BCUT2D eigenvalue weighted by atomic mass is 28.4. The molecule has 0 heterocycles. The van der Waals surface area contributed by atoms with Crippen molar-refractivity contribution < 1.29 is 30.8 Å². The maximum atomic E-state index is 14.1. The highest BCUT2D eigenvalue weighted by molar-refractivity contribution is 6.60. The van der Waals surface area contributed by atoms with Crippen LogP contribution < -0.4 is 0 Å². The van der Waals surface area contributed by atoms with Gasteiger partial charge in [0.25, 0.3) is 0 Å². The van der Waals surface area contributed by atoms with Gasteiger partial charge in [0.1, 0.15) is 0 Å². The van der Waals surface area contributed by atoms with Crippen LogP contribution in [-0.4, -0.2) is 27.1 Å². The first-order valence-electron chi connectivity index (χ1n) is 7.82. The van der Waals surface area contributed by atoms with Gasteiger partial charge in [0.15, 0.2) is 23.3 Å². The first kappa shape index (κ1) is 21.1. The summed E-state index contributed by atoms with van der Waals surface area (Å²) in [5.74, 6) is -6.63. The molecule has 0 aromatic heterocycles. The standard InChI is InChI=1S/C16H24F4O3Si/c1-9(2)21-24(22-10(3)4,23-11(5)6)8-12-7-13(17)15(19)16(20)14(12)18/h7,9-11H,8H2,1-6H3. The lowest BCUT2D eigenvalue weighted by molar-refractivity contribution is 0.00212. The maximum Gasteiger partial charge on any atom is 0.506 e. The topological polar surface area (TPSA) is 27.7 Å². The fourth-order valence-electron chi connectivity index (χ4n) is 2.27. The molecule has 0 saturated carbocycles. The minimum absolute atomic E-state index is 0.304. The lowest BCUT2D eigenvalue weighted by Crippen LogP contribution is -2.53. The summed E-state index contributed by atoms with van der Waals surface area (Å²) in [5, 5.41) is 0. The van der Waals surface area contributed by atoms with Crippen LogP contribution in [-0.2, 0) is 19.3 Å². The maximum absolute atomic E-state index is 14.1. The van der Waals surface area contributed by atoms with Gasteiger partial charge in [-0.3, -0.25) is 0 Å². The third-order valence-electron chi connectivity index (χ3n) is 2.83. The van der Waals surface area contributed by atoms with Crippen LogP contribution in [0, 0.1) is 23.3 Å². The minimum atomic E-state index is -3.52. The van der Waals surface area contributed by atoms with Crippen LogP contribution in [0.4, 0.5) is 17.6 Å². The van der Waals surface area contributed by atoms with E-state index in [1.54, 1.807) is 41.5 Å². The molecule has 8 heteroatoms. The summed E-state index contributed by atoms with van der Waals surface area (Å²) in [6.07, 6.45) is -0.938. The van der Waals surface area contributed by atoms with E-state index in [1.807, 2.05) is 0 Å². The Hall–Kier alpha value is -0.963. The van der Waals surface area contributed by atoms with E-state index in [2.05, 4.69) is 0 Å².